The number of hydrogen-bond donors (Lipinski definition) is 1. The zero-order valence-corrected chi connectivity index (χ0v) is 16.7. The van der Waals surface area contributed by atoms with Gasteiger partial charge in [0.2, 0.25) is 0 Å². The number of benzene rings is 1. The first-order valence-electron chi connectivity index (χ1n) is 7.14. The molecule has 1 aliphatic heterocycles. The van der Waals surface area contributed by atoms with Gasteiger partial charge in [-0.25, -0.2) is 0 Å². The standard InChI is InChI=1S/C15H20Br2N2.2ClH/c16-12-3-4-14(17)13(10-12)15(9-11-1-2-11)19-7-5-18-6-8-19;;/h3-4,10-11,15,18H,1-2,5-9H2;2*1H/t15-;;/m1../s1. The summed E-state index contributed by atoms with van der Waals surface area (Å²) in [6.45, 7) is 4.56. The van der Waals surface area contributed by atoms with E-state index in [2.05, 4.69) is 60.3 Å². The lowest BCUT2D eigenvalue weighted by Gasteiger charge is -2.36. The molecular weight excluding hydrogens is 439 g/mol. The SMILES string of the molecule is Brc1ccc(Br)c([C@@H](CC2CC2)N2CCNCC2)c1.Cl.Cl. The van der Waals surface area contributed by atoms with Gasteiger partial charge in [-0.3, -0.25) is 4.90 Å². The van der Waals surface area contributed by atoms with Crippen molar-refractivity contribution in [3.63, 3.8) is 0 Å². The molecule has 0 unspecified atom stereocenters. The van der Waals surface area contributed by atoms with Gasteiger partial charge < -0.3 is 5.32 Å². The Labute approximate surface area is 156 Å². The van der Waals surface area contributed by atoms with E-state index in [4.69, 9.17) is 0 Å². The third-order valence-electron chi connectivity index (χ3n) is 4.16. The predicted octanol–water partition coefficient (Wildman–Crippen LogP) is 4.80. The van der Waals surface area contributed by atoms with Crippen molar-refractivity contribution in [2.24, 2.45) is 5.92 Å². The maximum Gasteiger partial charge on any atom is 0.0363 e. The van der Waals surface area contributed by atoms with E-state index in [0.717, 1.165) is 32.1 Å². The molecule has 1 atom stereocenters. The van der Waals surface area contributed by atoms with Crippen molar-refractivity contribution in [1.29, 1.82) is 0 Å². The second-order valence-electron chi connectivity index (χ2n) is 5.65. The normalized spacial score (nSPS) is 20.3. The van der Waals surface area contributed by atoms with E-state index in [0.29, 0.717) is 6.04 Å². The van der Waals surface area contributed by atoms with Crippen molar-refractivity contribution in [3.8, 4) is 0 Å². The van der Waals surface area contributed by atoms with Crippen LogP contribution < -0.4 is 5.32 Å². The van der Waals surface area contributed by atoms with E-state index < -0.39 is 0 Å². The number of rotatable bonds is 4. The second-order valence-corrected chi connectivity index (χ2v) is 7.42. The summed E-state index contributed by atoms with van der Waals surface area (Å²) in [5.41, 5.74) is 1.45. The van der Waals surface area contributed by atoms with E-state index >= 15 is 0 Å². The zero-order valence-electron chi connectivity index (χ0n) is 11.9. The van der Waals surface area contributed by atoms with Crippen molar-refractivity contribution in [2.75, 3.05) is 26.2 Å². The number of hydrogen-bond acceptors (Lipinski definition) is 2. The molecule has 1 aromatic carbocycles. The Balaban J connectivity index is 0.00000110. The highest BCUT2D eigenvalue weighted by Crippen LogP contribution is 2.42. The number of piperazine rings is 1. The highest BCUT2D eigenvalue weighted by molar-refractivity contribution is 9.11. The molecule has 2 aliphatic rings. The minimum absolute atomic E-state index is 0. The molecule has 2 nitrogen and oxygen atoms in total. The fourth-order valence-corrected chi connectivity index (χ4v) is 3.80. The number of nitrogens with one attached hydrogen (secondary N) is 1. The van der Waals surface area contributed by atoms with Crippen LogP contribution in [0.15, 0.2) is 27.1 Å². The van der Waals surface area contributed by atoms with Gasteiger partial charge in [0, 0.05) is 41.2 Å². The van der Waals surface area contributed by atoms with Crippen LogP contribution in [0.2, 0.25) is 0 Å². The monoisotopic (exact) mass is 458 g/mol. The lowest BCUT2D eigenvalue weighted by atomic mass is 9.99. The number of nitrogens with zero attached hydrogens (tertiary/aromatic N) is 1. The number of halogens is 4. The van der Waals surface area contributed by atoms with Crippen molar-refractivity contribution in [3.05, 3.63) is 32.7 Å². The lowest BCUT2D eigenvalue weighted by molar-refractivity contribution is 0.160. The van der Waals surface area contributed by atoms with E-state index in [1.165, 1.54) is 33.8 Å². The maximum absolute atomic E-state index is 3.74. The first-order valence-corrected chi connectivity index (χ1v) is 8.72. The van der Waals surface area contributed by atoms with Crippen LogP contribution in [0.5, 0.6) is 0 Å². The van der Waals surface area contributed by atoms with Gasteiger partial charge in [0.1, 0.15) is 0 Å². The molecule has 1 aliphatic carbocycles. The Morgan fingerprint density at radius 1 is 1.14 bits per heavy atom. The third-order valence-corrected chi connectivity index (χ3v) is 5.38. The van der Waals surface area contributed by atoms with Crippen molar-refractivity contribution >= 4 is 56.7 Å². The van der Waals surface area contributed by atoms with Gasteiger partial charge in [0.05, 0.1) is 0 Å². The fourth-order valence-electron chi connectivity index (χ4n) is 2.91. The highest BCUT2D eigenvalue weighted by Gasteiger charge is 2.31. The smallest absolute Gasteiger partial charge is 0.0363 e. The summed E-state index contributed by atoms with van der Waals surface area (Å²) in [6, 6.07) is 7.14. The third kappa shape index (κ3) is 5.36. The lowest BCUT2D eigenvalue weighted by Crippen LogP contribution is -2.45. The summed E-state index contributed by atoms with van der Waals surface area (Å²) in [6.07, 6.45) is 4.16. The zero-order chi connectivity index (χ0) is 13.2. The Bertz CT molecular complexity index is 449. The quantitative estimate of drug-likeness (QED) is 0.694. The van der Waals surface area contributed by atoms with Gasteiger partial charge in [0.25, 0.3) is 0 Å². The summed E-state index contributed by atoms with van der Waals surface area (Å²) in [5.74, 6) is 0.950. The maximum atomic E-state index is 3.74. The topological polar surface area (TPSA) is 15.3 Å². The molecule has 0 spiro atoms. The van der Waals surface area contributed by atoms with Crippen molar-refractivity contribution in [1.82, 2.24) is 10.2 Å². The Kier molecular flexibility index (Phi) is 8.54. The van der Waals surface area contributed by atoms with Gasteiger partial charge in [-0.1, -0.05) is 44.7 Å². The molecule has 120 valence electrons. The molecular formula is C15H22Br2Cl2N2. The minimum Gasteiger partial charge on any atom is -0.314 e. The van der Waals surface area contributed by atoms with E-state index in [9.17, 15) is 0 Å². The Morgan fingerprint density at radius 3 is 2.43 bits per heavy atom. The highest BCUT2D eigenvalue weighted by atomic mass is 79.9. The van der Waals surface area contributed by atoms with E-state index in [-0.39, 0.29) is 24.8 Å². The largest absolute Gasteiger partial charge is 0.314 e. The Morgan fingerprint density at radius 2 is 1.81 bits per heavy atom. The van der Waals surface area contributed by atoms with Crippen LogP contribution in [0.1, 0.15) is 30.9 Å². The summed E-state index contributed by atoms with van der Waals surface area (Å²) in [5, 5.41) is 3.45. The first kappa shape index (κ1) is 19.7. The molecule has 6 heteroatoms. The van der Waals surface area contributed by atoms with E-state index in [1.807, 2.05) is 0 Å². The Hall–Kier alpha value is 0.680. The average molecular weight is 461 g/mol. The van der Waals surface area contributed by atoms with Crippen molar-refractivity contribution < 1.29 is 0 Å². The molecule has 2 fully saturated rings. The molecule has 1 aromatic rings. The molecule has 0 amide bonds. The molecule has 1 N–H and O–H groups in total. The van der Waals surface area contributed by atoms with Crippen LogP contribution >= 0.6 is 56.7 Å². The van der Waals surface area contributed by atoms with Crippen LogP contribution in [0.3, 0.4) is 0 Å². The summed E-state index contributed by atoms with van der Waals surface area (Å²) < 4.78 is 2.43. The summed E-state index contributed by atoms with van der Waals surface area (Å²) in [4.78, 5) is 2.65. The molecule has 1 heterocycles. The molecule has 1 saturated heterocycles. The van der Waals surface area contributed by atoms with Gasteiger partial charge in [-0.2, -0.15) is 0 Å². The summed E-state index contributed by atoms with van der Waals surface area (Å²) >= 11 is 7.36. The molecule has 1 saturated carbocycles. The fraction of sp³-hybridized carbons (Fsp3) is 0.600. The van der Waals surface area contributed by atoms with Crippen LogP contribution in [-0.4, -0.2) is 31.1 Å². The first-order chi connectivity index (χ1) is 9.24. The van der Waals surface area contributed by atoms with Crippen LogP contribution in [0.25, 0.3) is 0 Å². The second kappa shape index (κ2) is 9.09. The van der Waals surface area contributed by atoms with Gasteiger partial charge in [0.15, 0.2) is 0 Å². The van der Waals surface area contributed by atoms with Crippen LogP contribution in [-0.2, 0) is 0 Å². The summed E-state index contributed by atoms with van der Waals surface area (Å²) in [7, 11) is 0. The molecule has 0 aromatic heterocycles. The van der Waals surface area contributed by atoms with Gasteiger partial charge in [-0.05, 0) is 36.1 Å². The minimum atomic E-state index is 0. The molecule has 0 bridgehead atoms. The van der Waals surface area contributed by atoms with Gasteiger partial charge >= 0.3 is 0 Å². The predicted molar refractivity (Wildman–Crippen MR) is 101 cm³/mol. The average Bonchev–Trinajstić information content (AvgIpc) is 3.24. The van der Waals surface area contributed by atoms with Gasteiger partial charge in [-0.15, -0.1) is 24.8 Å². The van der Waals surface area contributed by atoms with Crippen LogP contribution in [0.4, 0.5) is 0 Å². The molecule has 3 rings (SSSR count). The molecule has 0 radical (unpaired) electrons. The van der Waals surface area contributed by atoms with Crippen LogP contribution in [0, 0.1) is 5.92 Å². The molecule has 21 heavy (non-hydrogen) atoms. The van der Waals surface area contributed by atoms with Crippen molar-refractivity contribution in [2.45, 2.75) is 25.3 Å². The van der Waals surface area contributed by atoms with E-state index in [1.54, 1.807) is 0 Å².